The summed E-state index contributed by atoms with van der Waals surface area (Å²) in [6, 6.07) is 7.29. The van der Waals surface area contributed by atoms with E-state index in [0.29, 0.717) is 5.56 Å². The standard InChI is InChI=1S/C13H11BrO3S/c1-16-11-2-3-12(14)10(6-11)7-17-13(15)9-4-5-18-8-9/h2-6,8H,7H2,1H3. The third-order valence-corrected chi connectivity index (χ3v) is 3.83. The molecule has 0 aliphatic carbocycles. The molecule has 2 aromatic rings. The average Bonchev–Trinajstić information content (AvgIpc) is 2.91. The van der Waals surface area contributed by atoms with Crippen LogP contribution in [0.15, 0.2) is 39.5 Å². The van der Waals surface area contributed by atoms with Gasteiger partial charge in [0.2, 0.25) is 0 Å². The normalized spacial score (nSPS) is 10.1. The van der Waals surface area contributed by atoms with Crippen LogP contribution in [0.4, 0.5) is 0 Å². The smallest absolute Gasteiger partial charge is 0.339 e. The van der Waals surface area contributed by atoms with Crippen molar-refractivity contribution in [2.45, 2.75) is 6.61 Å². The molecule has 1 heterocycles. The summed E-state index contributed by atoms with van der Waals surface area (Å²) in [7, 11) is 1.60. The molecule has 0 atom stereocenters. The molecular weight excluding hydrogens is 316 g/mol. The number of ether oxygens (including phenoxy) is 2. The minimum absolute atomic E-state index is 0.215. The highest BCUT2D eigenvalue weighted by molar-refractivity contribution is 9.10. The summed E-state index contributed by atoms with van der Waals surface area (Å²) >= 11 is 4.88. The Morgan fingerprint density at radius 3 is 2.89 bits per heavy atom. The minimum Gasteiger partial charge on any atom is -0.497 e. The molecule has 18 heavy (non-hydrogen) atoms. The number of methoxy groups -OCH3 is 1. The Morgan fingerprint density at radius 2 is 2.22 bits per heavy atom. The lowest BCUT2D eigenvalue weighted by atomic mass is 10.2. The van der Waals surface area contributed by atoms with Crippen molar-refractivity contribution in [2.24, 2.45) is 0 Å². The molecule has 0 amide bonds. The fourth-order valence-electron chi connectivity index (χ4n) is 1.40. The van der Waals surface area contributed by atoms with Gasteiger partial charge in [0.15, 0.2) is 0 Å². The second-order valence-corrected chi connectivity index (χ2v) is 5.18. The molecule has 0 spiro atoms. The topological polar surface area (TPSA) is 35.5 Å². The van der Waals surface area contributed by atoms with Gasteiger partial charge in [-0.25, -0.2) is 4.79 Å². The molecule has 2 rings (SSSR count). The van der Waals surface area contributed by atoms with Crippen LogP contribution >= 0.6 is 27.3 Å². The van der Waals surface area contributed by atoms with E-state index in [9.17, 15) is 4.79 Å². The fourth-order valence-corrected chi connectivity index (χ4v) is 2.38. The molecule has 0 aliphatic heterocycles. The summed E-state index contributed by atoms with van der Waals surface area (Å²) in [5.41, 5.74) is 1.46. The first-order chi connectivity index (χ1) is 8.70. The van der Waals surface area contributed by atoms with Gasteiger partial charge in [0, 0.05) is 15.4 Å². The number of carbonyl (C=O) groups excluding carboxylic acids is 1. The molecule has 94 valence electrons. The van der Waals surface area contributed by atoms with Gasteiger partial charge < -0.3 is 9.47 Å². The molecule has 1 aromatic carbocycles. The Bertz CT molecular complexity index is 537. The van der Waals surface area contributed by atoms with Crippen molar-refractivity contribution in [3.05, 3.63) is 50.6 Å². The first-order valence-corrected chi connectivity index (χ1v) is 6.96. The van der Waals surface area contributed by atoms with Crippen LogP contribution in [0.25, 0.3) is 0 Å². The quantitative estimate of drug-likeness (QED) is 0.800. The summed E-state index contributed by atoms with van der Waals surface area (Å²) in [6.45, 7) is 0.215. The second-order valence-electron chi connectivity index (χ2n) is 3.55. The summed E-state index contributed by atoms with van der Waals surface area (Å²) in [4.78, 5) is 11.7. The van der Waals surface area contributed by atoms with E-state index in [1.807, 2.05) is 23.6 Å². The van der Waals surface area contributed by atoms with E-state index in [1.54, 1.807) is 18.6 Å². The van der Waals surface area contributed by atoms with Crippen molar-refractivity contribution >= 4 is 33.2 Å². The number of hydrogen-bond donors (Lipinski definition) is 0. The Morgan fingerprint density at radius 1 is 1.39 bits per heavy atom. The molecule has 0 aliphatic rings. The van der Waals surface area contributed by atoms with Crippen molar-refractivity contribution in [1.29, 1.82) is 0 Å². The van der Waals surface area contributed by atoms with Crippen LogP contribution in [-0.4, -0.2) is 13.1 Å². The molecule has 0 N–H and O–H groups in total. The number of halogens is 1. The zero-order valence-corrected chi connectivity index (χ0v) is 12.1. The number of hydrogen-bond acceptors (Lipinski definition) is 4. The van der Waals surface area contributed by atoms with Crippen LogP contribution < -0.4 is 4.74 Å². The SMILES string of the molecule is COc1ccc(Br)c(COC(=O)c2ccsc2)c1. The molecule has 0 fully saturated rings. The summed E-state index contributed by atoms with van der Waals surface area (Å²) < 4.78 is 11.3. The Hall–Kier alpha value is -1.33. The molecule has 5 heteroatoms. The molecule has 0 radical (unpaired) electrons. The lowest BCUT2D eigenvalue weighted by Gasteiger charge is -2.08. The molecule has 3 nitrogen and oxygen atoms in total. The summed E-state index contributed by atoms with van der Waals surface area (Å²) in [6.07, 6.45) is 0. The van der Waals surface area contributed by atoms with E-state index in [4.69, 9.17) is 9.47 Å². The van der Waals surface area contributed by atoms with Crippen molar-refractivity contribution in [3.63, 3.8) is 0 Å². The monoisotopic (exact) mass is 326 g/mol. The zero-order valence-electron chi connectivity index (χ0n) is 9.68. The van der Waals surface area contributed by atoms with Gasteiger partial charge in [0.25, 0.3) is 0 Å². The average molecular weight is 327 g/mol. The van der Waals surface area contributed by atoms with Crippen molar-refractivity contribution < 1.29 is 14.3 Å². The van der Waals surface area contributed by atoms with Crippen molar-refractivity contribution in [2.75, 3.05) is 7.11 Å². The van der Waals surface area contributed by atoms with Gasteiger partial charge in [0.1, 0.15) is 12.4 Å². The van der Waals surface area contributed by atoms with Gasteiger partial charge in [-0.3, -0.25) is 0 Å². The first kappa shape index (κ1) is 13.1. The lowest BCUT2D eigenvalue weighted by molar-refractivity contribution is 0.0472. The summed E-state index contributed by atoms with van der Waals surface area (Å²) in [5, 5.41) is 3.61. The highest BCUT2D eigenvalue weighted by Gasteiger charge is 2.09. The predicted octanol–water partition coefficient (Wildman–Crippen LogP) is 3.88. The second kappa shape index (κ2) is 6.02. The maximum atomic E-state index is 11.7. The number of carbonyl (C=O) groups is 1. The highest BCUT2D eigenvalue weighted by Crippen LogP contribution is 2.23. The van der Waals surface area contributed by atoms with Crippen molar-refractivity contribution in [1.82, 2.24) is 0 Å². The van der Waals surface area contributed by atoms with Gasteiger partial charge in [0.05, 0.1) is 12.7 Å². The van der Waals surface area contributed by atoms with Gasteiger partial charge in [-0.05, 0) is 29.6 Å². The molecule has 0 saturated carbocycles. The Kier molecular flexibility index (Phi) is 4.38. The van der Waals surface area contributed by atoms with Crippen LogP contribution in [0.5, 0.6) is 5.75 Å². The van der Waals surface area contributed by atoms with E-state index >= 15 is 0 Å². The first-order valence-electron chi connectivity index (χ1n) is 5.22. The molecule has 0 unspecified atom stereocenters. The fraction of sp³-hybridized carbons (Fsp3) is 0.154. The van der Waals surface area contributed by atoms with Gasteiger partial charge in [-0.15, -0.1) is 0 Å². The number of benzene rings is 1. The maximum Gasteiger partial charge on any atom is 0.339 e. The van der Waals surface area contributed by atoms with Gasteiger partial charge in [-0.1, -0.05) is 15.9 Å². The van der Waals surface area contributed by atoms with Gasteiger partial charge in [-0.2, -0.15) is 11.3 Å². The van der Waals surface area contributed by atoms with E-state index in [-0.39, 0.29) is 12.6 Å². The van der Waals surface area contributed by atoms with Crippen LogP contribution in [-0.2, 0) is 11.3 Å². The third kappa shape index (κ3) is 3.11. The van der Waals surface area contributed by atoms with Crippen LogP contribution in [0.2, 0.25) is 0 Å². The predicted molar refractivity (Wildman–Crippen MR) is 74.1 cm³/mol. The number of esters is 1. The number of rotatable bonds is 4. The Labute approximate surface area is 117 Å². The largest absolute Gasteiger partial charge is 0.497 e. The maximum absolute atomic E-state index is 11.7. The van der Waals surface area contributed by atoms with Crippen LogP contribution in [0, 0.1) is 0 Å². The zero-order chi connectivity index (χ0) is 13.0. The molecule has 0 bridgehead atoms. The minimum atomic E-state index is -0.314. The van der Waals surface area contributed by atoms with E-state index < -0.39 is 0 Å². The lowest BCUT2D eigenvalue weighted by Crippen LogP contribution is -2.04. The molecule has 0 saturated heterocycles. The molecular formula is C13H11BrO3S. The van der Waals surface area contributed by atoms with Crippen LogP contribution in [0.1, 0.15) is 15.9 Å². The summed E-state index contributed by atoms with van der Waals surface area (Å²) in [5.74, 6) is 0.422. The highest BCUT2D eigenvalue weighted by atomic mass is 79.9. The van der Waals surface area contributed by atoms with Gasteiger partial charge >= 0.3 is 5.97 Å². The third-order valence-electron chi connectivity index (χ3n) is 2.37. The molecule has 1 aromatic heterocycles. The van der Waals surface area contributed by atoms with Crippen molar-refractivity contribution in [3.8, 4) is 5.75 Å². The van der Waals surface area contributed by atoms with E-state index in [0.717, 1.165) is 15.8 Å². The van der Waals surface area contributed by atoms with E-state index in [1.165, 1.54) is 11.3 Å². The van der Waals surface area contributed by atoms with Crippen LogP contribution in [0.3, 0.4) is 0 Å². The number of thiophene rings is 1. The van der Waals surface area contributed by atoms with E-state index in [2.05, 4.69) is 15.9 Å². The Balaban J connectivity index is 2.04.